The standard InChI is InChI=1S/C14H21BrN2O2/c1-9(2)16-14(19)8-17(4)13-6-5-11(10(3)18)7-12(13)15/h5-7,9-10,18H,8H2,1-4H3,(H,16,19). The number of hydrogen-bond donors (Lipinski definition) is 2. The highest BCUT2D eigenvalue weighted by atomic mass is 79.9. The maximum Gasteiger partial charge on any atom is 0.239 e. The van der Waals surface area contributed by atoms with E-state index in [1.54, 1.807) is 6.92 Å². The maximum atomic E-state index is 11.7. The first kappa shape index (κ1) is 16.0. The van der Waals surface area contributed by atoms with Crippen LogP contribution in [-0.4, -0.2) is 30.6 Å². The van der Waals surface area contributed by atoms with E-state index in [2.05, 4.69) is 21.2 Å². The third kappa shape index (κ3) is 4.84. The SMILES string of the molecule is CC(C)NC(=O)CN(C)c1ccc(C(C)O)cc1Br. The molecule has 1 unspecified atom stereocenters. The molecule has 0 radical (unpaired) electrons. The molecule has 0 bridgehead atoms. The summed E-state index contributed by atoms with van der Waals surface area (Å²) in [6.45, 7) is 5.89. The number of rotatable bonds is 5. The second kappa shape index (κ2) is 6.91. The molecule has 5 heteroatoms. The zero-order valence-corrected chi connectivity index (χ0v) is 13.4. The van der Waals surface area contributed by atoms with E-state index in [4.69, 9.17) is 0 Å². The van der Waals surface area contributed by atoms with E-state index in [-0.39, 0.29) is 11.9 Å². The highest BCUT2D eigenvalue weighted by molar-refractivity contribution is 9.10. The Morgan fingerprint density at radius 2 is 2.05 bits per heavy atom. The first-order valence-corrected chi connectivity index (χ1v) is 7.08. The van der Waals surface area contributed by atoms with Gasteiger partial charge in [-0.1, -0.05) is 6.07 Å². The minimum Gasteiger partial charge on any atom is -0.389 e. The molecule has 0 aromatic heterocycles. The second-order valence-corrected chi connectivity index (χ2v) is 5.82. The van der Waals surface area contributed by atoms with Crippen LogP contribution in [0.1, 0.15) is 32.4 Å². The van der Waals surface area contributed by atoms with Crippen molar-refractivity contribution in [1.29, 1.82) is 0 Å². The summed E-state index contributed by atoms with van der Waals surface area (Å²) in [4.78, 5) is 13.6. The zero-order valence-electron chi connectivity index (χ0n) is 11.8. The summed E-state index contributed by atoms with van der Waals surface area (Å²) in [5.74, 6) is -0.0102. The Morgan fingerprint density at radius 1 is 1.42 bits per heavy atom. The number of likely N-dealkylation sites (N-methyl/N-ethyl adjacent to an activating group) is 1. The van der Waals surface area contributed by atoms with Crippen LogP contribution in [0.4, 0.5) is 5.69 Å². The lowest BCUT2D eigenvalue weighted by molar-refractivity contribution is -0.120. The van der Waals surface area contributed by atoms with Gasteiger partial charge in [0.2, 0.25) is 5.91 Å². The largest absolute Gasteiger partial charge is 0.389 e. The fourth-order valence-electron chi connectivity index (χ4n) is 1.76. The van der Waals surface area contributed by atoms with Gasteiger partial charge in [0.05, 0.1) is 18.3 Å². The van der Waals surface area contributed by atoms with Crippen molar-refractivity contribution in [3.05, 3.63) is 28.2 Å². The van der Waals surface area contributed by atoms with Crippen LogP contribution in [0.3, 0.4) is 0 Å². The average Bonchev–Trinajstić information content (AvgIpc) is 2.26. The Balaban J connectivity index is 2.77. The minimum absolute atomic E-state index is 0.0102. The summed E-state index contributed by atoms with van der Waals surface area (Å²) in [6, 6.07) is 5.77. The van der Waals surface area contributed by atoms with Gasteiger partial charge in [-0.25, -0.2) is 0 Å². The first-order valence-electron chi connectivity index (χ1n) is 6.29. The molecule has 0 aliphatic carbocycles. The quantitative estimate of drug-likeness (QED) is 0.873. The number of aliphatic hydroxyl groups excluding tert-OH is 1. The molecular weight excluding hydrogens is 308 g/mol. The fourth-order valence-corrected chi connectivity index (χ4v) is 2.46. The number of carbonyl (C=O) groups excluding carboxylic acids is 1. The number of halogens is 1. The molecule has 0 spiro atoms. The number of carbonyl (C=O) groups is 1. The number of aliphatic hydroxyl groups is 1. The van der Waals surface area contributed by atoms with Gasteiger partial charge in [-0.15, -0.1) is 0 Å². The predicted molar refractivity (Wildman–Crippen MR) is 81.3 cm³/mol. The van der Waals surface area contributed by atoms with Crippen LogP contribution in [0, 0.1) is 0 Å². The van der Waals surface area contributed by atoms with E-state index >= 15 is 0 Å². The van der Waals surface area contributed by atoms with Crippen molar-refractivity contribution in [2.24, 2.45) is 0 Å². The third-order valence-corrected chi connectivity index (χ3v) is 3.33. The summed E-state index contributed by atoms with van der Waals surface area (Å²) in [5, 5.41) is 12.4. The summed E-state index contributed by atoms with van der Waals surface area (Å²) in [5.41, 5.74) is 1.76. The van der Waals surface area contributed by atoms with Crippen molar-refractivity contribution in [2.45, 2.75) is 32.9 Å². The Hall–Kier alpha value is -1.07. The van der Waals surface area contributed by atoms with Gasteiger partial charge in [0, 0.05) is 17.6 Å². The first-order chi connectivity index (χ1) is 8.81. The van der Waals surface area contributed by atoms with Crippen LogP contribution >= 0.6 is 15.9 Å². The topological polar surface area (TPSA) is 52.6 Å². The molecule has 1 aromatic rings. The number of nitrogens with one attached hydrogen (secondary N) is 1. The molecule has 4 nitrogen and oxygen atoms in total. The molecule has 1 atom stereocenters. The highest BCUT2D eigenvalue weighted by Crippen LogP contribution is 2.28. The van der Waals surface area contributed by atoms with Crippen LogP contribution in [0.25, 0.3) is 0 Å². The molecule has 0 aliphatic heterocycles. The third-order valence-electron chi connectivity index (χ3n) is 2.70. The van der Waals surface area contributed by atoms with Crippen molar-refractivity contribution >= 4 is 27.5 Å². The van der Waals surface area contributed by atoms with Gasteiger partial charge < -0.3 is 15.3 Å². The van der Waals surface area contributed by atoms with E-state index in [9.17, 15) is 9.90 Å². The molecule has 0 saturated heterocycles. The van der Waals surface area contributed by atoms with Gasteiger partial charge in [-0.05, 0) is 54.4 Å². The summed E-state index contributed by atoms with van der Waals surface area (Å²) >= 11 is 3.47. The summed E-state index contributed by atoms with van der Waals surface area (Å²) < 4.78 is 0.866. The van der Waals surface area contributed by atoms with Gasteiger partial charge in [-0.2, -0.15) is 0 Å². The number of benzene rings is 1. The van der Waals surface area contributed by atoms with Crippen molar-refractivity contribution in [1.82, 2.24) is 5.32 Å². The highest BCUT2D eigenvalue weighted by Gasteiger charge is 2.12. The predicted octanol–water partition coefficient (Wildman–Crippen LogP) is 2.46. The Kier molecular flexibility index (Phi) is 5.82. The van der Waals surface area contributed by atoms with E-state index in [1.807, 2.05) is 44.0 Å². The van der Waals surface area contributed by atoms with Crippen LogP contribution in [0.5, 0.6) is 0 Å². The van der Waals surface area contributed by atoms with Crippen LogP contribution in [0.15, 0.2) is 22.7 Å². The molecular formula is C14H21BrN2O2. The molecule has 0 saturated carbocycles. The number of hydrogen-bond acceptors (Lipinski definition) is 3. The average molecular weight is 329 g/mol. The molecule has 1 amide bonds. The van der Waals surface area contributed by atoms with Crippen molar-refractivity contribution < 1.29 is 9.90 Å². The summed E-state index contributed by atoms with van der Waals surface area (Å²) in [6.07, 6.45) is -0.500. The molecule has 19 heavy (non-hydrogen) atoms. The summed E-state index contributed by atoms with van der Waals surface area (Å²) in [7, 11) is 1.86. The minimum atomic E-state index is -0.500. The van der Waals surface area contributed by atoms with Crippen LogP contribution in [0.2, 0.25) is 0 Å². The number of anilines is 1. The molecule has 0 aliphatic rings. The number of nitrogens with zero attached hydrogens (tertiary/aromatic N) is 1. The molecule has 0 fully saturated rings. The van der Waals surface area contributed by atoms with Gasteiger partial charge in [-0.3, -0.25) is 4.79 Å². The normalized spacial score (nSPS) is 12.4. The Labute approximate surface area is 122 Å². The molecule has 1 aromatic carbocycles. The Bertz CT molecular complexity index is 447. The van der Waals surface area contributed by atoms with Gasteiger partial charge in [0.15, 0.2) is 0 Å². The van der Waals surface area contributed by atoms with Gasteiger partial charge in [0.25, 0.3) is 0 Å². The van der Waals surface area contributed by atoms with Crippen molar-refractivity contribution in [3.63, 3.8) is 0 Å². The fraction of sp³-hybridized carbons (Fsp3) is 0.500. The second-order valence-electron chi connectivity index (χ2n) is 4.97. The van der Waals surface area contributed by atoms with Crippen molar-refractivity contribution in [2.75, 3.05) is 18.5 Å². The molecule has 106 valence electrons. The van der Waals surface area contributed by atoms with E-state index in [0.29, 0.717) is 6.54 Å². The van der Waals surface area contributed by atoms with E-state index in [1.165, 1.54) is 0 Å². The molecule has 1 rings (SSSR count). The molecule has 2 N–H and O–H groups in total. The van der Waals surface area contributed by atoms with Crippen molar-refractivity contribution in [3.8, 4) is 0 Å². The van der Waals surface area contributed by atoms with E-state index in [0.717, 1.165) is 15.7 Å². The lowest BCUT2D eigenvalue weighted by atomic mass is 10.1. The van der Waals surface area contributed by atoms with Crippen LogP contribution in [-0.2, 0) is 4.79 Å². The Morgan fingerprint density at radius 3 is 2.53 bits per heavy atom. The van der Waals surface area contributed by atoms with Gasteiger partial charge >= 0.3 is 0 Å². The lowest BCUT2D eigenvalue weighted by Crippen LogP contribution is -2.38. The van der Waals surface area contributed by atoms with Crippen LogP contribution < -0.4 is 10.2 Å². The maximum absolute atomic E-state index is 11.7. The zero-order chi connectivity index (χ0) is 14.6. The van der Waals surface area contributed by atoms with Gasteiger partial charge in [0.1, 0.15) is 0 Å². The number of amides is 1. The lowest BCUT2D eigenvalue weighted by Gasteiger charge is -2.21. The smallest absolute Gasteiger partial charge is 0.239 e. The monoisotopic (exact) mass is 328 g/mol. The molecule has 0 heterocycles. The van der Waals surface area contributed by atoms with E-state index < -0.39 is 6.10 Å².